The summed E-state index contributed by atoms with van der Waals surface area (Å²) in [5, 5.41) is 15.7. The van der Waals surface area contributed by atoms with Crippen LogP contribution in [0.1, 0.15) is 37.9 Å². The molecule has 0 fully saturated rings. The predicted molar refractivity (Wildman–Crippen MR) is 112 cm³/mol. The summed E-state index contributed by atoms with van der Waals surface area (Å²) >= 11 is 5.42. The zero-order chi connectivity index (χ0) is 19.6. The second-order valence-corrected chi connectivity index (χ2v) is 6.33. The summed E-state index contributed by atoms with van der Waals surface area (Å²) < 4.78 is 11.3. The minimum atomic E-state index is -0.00209. The van der Waals surface area contributed by atoms with Crippen LogP contribution in [0.2, 0.25) is 0 Å². The number of rotatable bonds is 8. The predicted octanol–water partition coefficient (Wildman–Crippen LogP) is 4.60. The molecule has 0 heterocycles. The van der Waals surface area contributed by atoms with Crippen LogP contribution in [-0.2, 0) is 6.42 Å². The lowest BCUT2D eigenvalue weighted by Crippen LogP contribution is -2.30. The molecule has 0 saturated heterocycles. The quantitative estimate of drug-likeness (QED) is 0.650. The Morgan fingerprint density at radius 1 is 1.07 bits per heavy atom. The Labute approximate surface area is 166 Å². The first-order chi connectivity index (χ1) is 13.1. The Morgan fingerprint density at radius 3 is 2.37 bits per heavy atom. The topological polar surface area (TPSA) is 66.3 Å². The minimum Gasteiger partial charge on any atom is -0.490 e. The average molecular weight is 384 g/mol. The standard InChI is InChI=1S/C21H25N3O2S/c1-4-25-19-11-8-17(14-20(19)26-5-2)15(3)23-21(27)24-18-9-6-16(7-10-18)12-13-22/h6-11,14-15H,4-5,12H2,1-3H3,(H2,23,24,27). The maximum Gasteiger partial charge on any atom is 0.171 e. The molecule has 0 spiro atoms. The van der Waals surface area contributed by atoms with E-state index in [0.29, 0.717) is 24.7 Å². The molecule has 0 amide bonds. The molecule has 27 heavy (non-hydrogen) atoms. The number of benzene rings is 2. The van der Waals surface area contributed by atoms with Crippen LogP contribution in [0.4, 0.5) is 5.69 Å². The van der Waals surface area contributed by atoms with E-state index in [1.165, 1.54) is 0 Å². The highest BCUT2D eigenvalue weighted by atomic mass is 32.1. The lowest BCUT2D eigenvalue weighted by molar-refractivity contribution is 0.287. The second-order valence-electron chi connectivity index (χ2n) is 5.92. The first-order valence-corrected chi connectivity index (χ1v) is 9.41. The van der Waals surface area contributed by atoms with Gasteiger partial charge in [-0.25, -0.2) is 0 Å². The first kappa shape index (κ1) is 20.5. The maximum absolute atomic E-state index is 8.73. The van der Waals surface area contributed by atoms with E-state index >= 15 is 0 Å². The van der Waals surface area contributed by atoms with E-state index < -0.39 is 0 Å². The molecule has 2 aromatic carbocycles. The van der Waals surface area contributed by atoms with E-state index in [0.717, 1.165) is 28.3 Å². The molecule has 0 saturated carbocycles. The van der Waals surface area contributed by atoms with Crippen molar-refractivity contribution in [2.24, 2.45) is 0 Å². The molecule has 0 aliphatic heterocycles. The number of nitrogens with one attached hydrogen (secondary N) is 2. The third kappa shape index (κ3) is 6.15. The van der Waals surface area contributed by atoms with Crippen molar-refractivity contribution in [2.45, 2.75) is 33.2 Å². The molecular formula is C21H25N3O2S. The fourth-order valence-electron chi connectivity index (χ4n) is 2.58. The Hall–Kier alpha value is -2.78. The van der Waals surface area contributed by atoms with E-state index in [4.69, 9.17) is 27.0 Å². The van der Waals surface area contributed by atoms with Crippen molar-refractivity contribution in [3.63, 3.8) is 0 Å². The van der Waals surface area contributed by atoms with E-state index in [9.17, 15) is 0 Å². The van der Waals surface area contributed by atoms with Gasteiger partial charge in [0.1, 0.15) is 0 Å². The van der Waals surface area contributed by atoms with Gasteiger partial charge in [0.05, 0.1) is 31.7 Å². The second kappa shape index (κ2) is 10.4. The molecule has 142 valence electrons. The third-order valence-corrected chi connectivity index (χ3v) is 4.13. The summed E-state index contributed by atoms with van der Waals surface area (Å²) in [7, 11) is 0. The zero-order valence-corrected chi connectivity index (χ0v) is 16.7. The van der Waals surface area contributed by atoms with Crippen molar-refractivity contribution < 1.29 is 9.47 Å². The van der Waals surface area contributed by atoms with Gasteiger partial charge in [-0.15, -0.1) is 0 Å². The number of nitriles is 1. The fraction of sp³-hybridized carbons (Fsp3) is 0.333. The van der Waals surface area contributed by atoms with Crippen LogP contribution in [-0.4, -0.2) is 18.3 Å². The first-order valence-electron chi connectivity index (χ1n) is 9.00. The summed E-state index contributed by atoms with van der Waals surface area (Å²) in [6.45, 7) is 7.10. The van der Waals surface area contributed by atoms with E-state index in [1.54, 1.807) is 0 Å². The van der Waals surface area contributed by atoms with Gasteiger partial charge in [-0.05, 0) is 68.4 Å². The number of anilines is 1. The number of nitrogens with zero attached hydrogens (tertiary/aromatic N) is 1. The van der Waals surface area contributed by atoms with Crippen molar-refractivity contribution in [1.82, 2.24) is 5.32 Å². The minimum absolute atomic E-state index is 0.00209. The Balaban J connectivity index is 2.00. The highest BCUT2D eigenvalue weighted by molar-refractivity contribution is 7.80. The van der Waals surface area contributed by atoms with Crippen molar-refractivity contribution in [3.05, 3.63) is 53.6 Å². The van der Waals surface area contributed by atoms with Crippen LogP contribution in [0.5, 0.6) is 11.5 Å². The molecule has 1 atom stereocenters. The van der Waals surface area contributed by atoms with Crippen molar-refractivity contribution in [1.29, 1.82) is 5.26 Å². The number of thiocarbonyl (C=S) groups is 1. The van der Waals surface area contributed by atoms with Crippen LogP contribution >= 0.6 is 12.2 Å². The summed E-state index contributed by atoms with van der Waals surface area (Å²) in [6, 6.07) is 15.7. The van der Waals surface area contributed by atoms with Gasteiger partial charge < -0.3 is 20.1 Å². The van der Waals surface area contributed by atoms with Gasteiger partial charge in [0.15, 0.2) is 16.6 Å². The van der Waals surface area contributed by atoms with Crippen molar-refractivity contribution in [2.75, 3.05) is 18.5 Å². The van der Waals surface area contributed by atoms with Gasteiger partial charge >= 0.3 is 0 Å². The molecule has 0 aliphatic rings. The van der Waals surface area contributed by atoms with Gasteiger partial charge in [-0.3, -0.25) is 0 Å². The molecule has 6 heteroatoms. The molecule has 1 unspecified atom stereocenters. The number of hydrogen-bond donors (Lipinski definition) is 2. The van der Waals surface area contributed by atoms with Gasteiger partial charge in [-0.2, -0.15) is 5.26 Å². The molecular weight excluding hydrogens is 358 g/mol. The SMILES string of the molecule is CCOc1ccc(C(C)NC(=S)Nc2ccc(CC#N)cc2)cc1OCC. The van der Waals surface area contributed by atoms with E-state index in [2.05, 4.69) is 16.7 Å². The maximum atomic E-state index is 8.73. The molecule has 2 rings (SSSR count). The summed E-state index contributed by atoms with van der Waals surface area (Å²) in [5.74, 6) is 1.48. The van der Waals surface area contributed by atoms with E-state index in [1.807, 2.05) is 63.2 Å². The highest BCUT2D eigenvalue weighted by Crippen LogP contribution is 2.30. The molecule has 0 bridgehead atoms. The number of ether oxygens (including phenoxy) is 2. The highest BCUT2D eigenvalue weighted by Gasteiger charge is 2.12. The van der Waals surface area contributed by atoms with Crippen molar-refractivity contribution >= 4 is 23.0 Å². The summed E-state index contributed by atoms with van der Waals surface area (Å²) in [5.41, 5.74) is 2.91. The van der Waals surface area contributed by atoms with Crippen LogP contribution in [0.25, 0.3) is 0 Å². The Morgan fingerprint density at radius 2 is 1.74 bits per heavy atom. The van der Waals surface area contributed by atoms with Gasteiger partial charge in [0.2, 0.25) is 0 Å². The largest absolute Gasteiger partial charge is 0.490 e. The zero-order valence-electron chi connectivity index (χ0n) is 15.9. The van der Waals surface area contributed by atoms with Crippen LogP contribution in [0.3, 0.4) is 0 Å². The van der Waals surface area contributed by atoms with Gasteiger partial charge in [0.25, 0.3) is 0 Å². The smallest absolute Gasteiger partial charge is 0.171 e. The Bertz CT molecular complexity index is 800. The number of hydrogen-bond acceptors (Lipinski definition) is 4. The van der Waals surface area contributed by atoms with Crippen LogP contribution < -0.4 is 20.1 Å². The lowest BCUT2D eigenvalue weighted by atomic mass is 10.1. The normalized spacial score (nSPS) is 11.2. The van der Waals surface area contributed by atoms with Crippen LogP contribution in [0, 0.1) is 11.3 Å². The third-order valence-electron chi connectivity index (χ3n) is 3.91. The fourth-order valence-corrected chi connectivity index (χ4v) is 2.88. The molecule has 5 nitrogen and oxygen atoms in total. The average Bonchev–Trinajstić information content (AvgIpc) is 2.65. The van der Waals surface area contributed by atoms with Crippen molar-refractivity contribution in [3.8, 4) is 17.6 Å². The lowest BCUT2D eigenvalue weighted by Gasteiger charge is -2.19. The Kier molecular flexibility index (Phi) is 7.90. The van der Waals surface area contributed by atoms with Gasteiger partial charge in [0, 0.05) is 5.69 Å². The molecule has 2 N–H and O–H groups in total. The van der Waals surface area contributed by atoms with E-state index in [-0.39, 0.29) is 6.04 Å². The molecule has 0 aliphatic carbocycles. The molecule has 0 aromatic heterocycles. The molecule has 2 aromatic rings. The van der Waals surface area contributed by atoms with Crippen LogP contribution in [0.15, 0.2) is 42.5 Å². The summed E-state index contributed by atoms with van der Waals surface area (Å²) in [4.78, 5) is 0. The van der Waals surface area contributed by atoms with Gasteiger partial charge in [-0.1, -0.05) is 18.2 Å². The monoisotopic (exact) mass is 383 g/mol. The molecule has 0 radical (unpaired) electrons. The summed E-state index contributed by atoms with van der Waals surface area (Å²) in [6.07, 6.45) is 0.403.